The van der Waals surface area contributed by atoms with Crippen LogP contribution in [0.25, 0.3) is 11.3 Å². The van der Waals surface area contributed by atoms with Gasteiger partial charge in [-0.25, -0.2) is 9.67 Å². The van der Waals surface area contributed by atoms with Crippen molar-refractivity contribution in [2.45, 2.75) is 32.7 Å². The molecule has 12 heteroatoms. The molecule has 222 valence electrons. The molecule has 0 radical (unpaired) electrons. The number of halogens is 3. The lowest BCUT2D eigenvalue weighted by Crippen LogP contribution is -2.23. The Balaban J connectivity index is 1.23. The van der Waals surface area contributed by atoms with Crippen LogP contribution < -0.4 is 9.47 Å². The van der Waals surface area contributed by atoms with Crippen molar-refractivity contribution in [3.63, 3.8) is 0 Å². The van der Waals surface area contributed by atoms with Gasteiger partial charge in [0.1, 0.15) is 12.4 Å². The summed E-state index contributed by atoms with van der Waals surface area (Å²) in [6, 6.07) is 22.7. The maximum Gasteiger partial charge on any atom is 0.573 e. The van der Waals surface area contributed by atoms with Gasteiger partial charge in [-0.1, -0.05) is 80.2 Å². The number of aromatic nitrogens is 2. The quantitative estimate of drug-likeness (QED) is 0.187. The zero-order valence-electron chi connectivity index (χ0n) is 23.6. The molecule has 0 bridgehead atoms. The van der Waals surface area contributed by atoms with Crippen molar-refractivity contribution in [1.29, 1.82) is 0 Å². The number of carbonyl (C=O) groups excluding carboxylic acids is 1. The maximum atomic E-state index is 12.5. The average molecular weight is 608 g/mol. The molecule has 1 fully saturated rings. The molecule has 3 aromatic carbocycles. The van der Waals surface area contributed by atoms with Crippen LogP contribution in [0.1, 0.15) is 36.5 Å². The van der Waals surface area contributed by atoms with Gasteiger partial charge in [0.05, 0.1) is 23.3 Å². The van der Waals surface area contributed by atoms with E-state index in [-0.39, 0.29) is 24.0 Å². The lowest BCUT2D eigenvalue weighted by molar-refractivity contribution is -0.274. The second-order valence-corrected chi connectivity index (χ2v) is 10.9. The van der Waals surface area contributed by atoms with Gasteiger partial charge in [-0.3, -0.25) is 4.79 Å². The fourth-order valence-electron chi connectivity index (χ4n) is 4.26. The van der Waals surface area contributed by atoms with Crippen molar-refractivity contribution >= 4 is 34.7 Å². The number of thioether (sulfide) groups is 1. The van der Waals surface area contributed by atoms with Crippen molar-refractivity contribution < 1.29 is 27.4 Å². The van der Waals surface area contributed by atoms with E-state index < -0.39 is 6.36 Å². The topological polar surface area (TPSA) is 81.3 Å². The Bertz CT molecular complexity index is 1650. The first-order valence-electron chi connectivity index (χ1n) is 13.3. The third kappa shape index (κ3) is 7.63. The largest absolute Gasteiger partial charge is 0.573 e. The van der Waals surface area contributed by atoms with E-state index in [1.165, 1.54) is 41.0 Å². The molecule has 0 aliphatic carbocycles. The van der Waals surface area contributed by atoms with Gasteiger partial charge in [0.15, 0.2) is 5.17 Å². The molecule has 8 nitrogen and oxygen atoms in total. The van der Waals surface area contributed by atoms with Gasteiger partial charge in [0.25, 0.3) is 5.91 Å². The van der Waals surface area contributed by atoms with E-state index in [2.05, 4.69) is 28.8 Å². The number of alkyl halides is 3. The number of aryl methyl sites for hydroxylation is 1. The van der Waals surface area contributed by atoms with E-state index in [9.17, 15) is 18.0 Å². The number of benzene rings is 3. The first-order chi connectivity index (χ1) is 20.6. The second-order valence-electron chi connectivity index (χ2n) is 9.94. The Hall–Kier alpha value is -4.58. The molecule has 5 rings (SSSR count). The van der Waals surface area contributed by atoms with Gasteiger partial charge in [0, 0.05) is 18.7 Å². The summed E-state index contributed by atoms with van der Waals surface area (Å²) in [5.74, 6) is 0.639. The van der Waals surface area contributed by atoms with E-state index in [4.69, 9.17) is 9.73 Å². The van der Waals surface area contributed by atoms with E-state index in [1.54, 1.807) is 24.0 Å². The Morgan fingerprint density at radius 1 is 1.05 bits per heavy atom. The molecule has 0 unspecified atom stereocenters. The summed E-state index contributed by atoms with van der Waals surface area (Å²) >= 11 is 1.36. The number of hydrogen-bond acceptors (Lipinski definition) is 7. The maximum absolute atomic E-state index is 12.5. The minimum absolute atomic E-state index is 0.134. The zero-order valence-corrected chi connectivity index (χ0v) is 24.4. The molecule has 43 heavy (non-hydrogen) atoms. The van der Waals surface area contributed by atoms with Crippen molar-refractivity contribution in [1.82, 2.24) is 14.8 Å². The molecule has 1 aromatic heterocycles. The highest BCUT2D eigenvalue weighted by Gasteiger charge is 2.31. The highest BCUT2D eigenvalue weighted by molar-refractivity contribution is 8.15. The Morgan fingerprint density at radius 3 is 2.47 bits per heavy atom. The Kier molecular flexibility index (Phi) is 8.86. The third-order valence-electron chi connectivity index (χ3n) is 6.43. The van der Waals surface area contributed by atoms with E-state index in [1.807, 2.05) is 48.5 Å². The summed E-state index contributed by atoms with van der Waals surface area (Å²) in [6.45, 7) is 4.35. The lowest BCUT2D eigenvalue weighted by Gasteiger charge is -2.12. The minimum atomic E-state index is -4.74. The van der Waals surface area contributed by atoms with Crippen molar-refractivity contribution in [3.8, 4) is 22.9 Å². The number of amides is 1. The molecule has 0 spiro atoms. The molecule has 0 saturated carbocycles. The standard InChI is InChI=1S/C31H28F3N5O3S/c1-20(2)25-6-4-5-7-26(25)36-30-39(28(40)19-43-30)35-17-21-8-12-23(13-9-21)27-16-29(38(3)37-27)41-18-22-10-14-24(15-11-22)42-31(32,33)34/h4-17,20H,18-19H2,1-3H3/b35-17+,36-30-. The van der Waals surface area contributed by atoms with Gasteiger partial charge in [-0.2, -0.15) is 15.2 Å². The van der Waals surface area contributed by atoms with Crippen LogP contribution >= 0.6 is 11.8 Å². The molecule has 1 saturated heterocycles. The average Bonchev–Trinajstić information content (AvgIpc) is 3.52. The first-order valence-corrected chi connectivity index (χ1v) is 14.3. The molecule has 2 heterocycles. The number of hydrogen-bond donors (Lipinski definition) is 0. The highest BCUT2D eigenvalue weighted by atomic mass is 32.2. The Morgan fingerprint density at radius 2 is 1.77 bits per heavy atom. The normalized spacial score (nSPS) is 14.8. The van der Waals surface area contributed by atoms with Crippen LogP contribution in [0.3, 0.4) is 0 Å². The van der Waals surface area contributed by atoms with Gasteiger partial charge in [-0.15, -0.1) is 13.2 Å². The molecule has 0 atom stereocenters. The molecule has 1 amide bonds. The molecular weight excluding hydrogens is 579 g/mol. The number of para-hydroxylation sites is 1. The molecular formula is C31H28F3N5O3S. The van der Waals surface area contributed by atoms with Crippen LogP contribution in [0.2, 0.25) is 0 Å². The minimum Gasteiger partial charge on any atom is -0.473 e. The van der Waals surface area contributed by atoms with Crippen LogP contribution in [0.15, 0.2) is 89.0 Å². The number of nitrogens with zero attached hydrogens (tertiary/aromatic N) is 5. The highest BCUT2D eigenvalue weighted by Crippen LogP contribution is 2.30. The van der Waals surface area contributed by atoms with E-state index in [0.29, 0.717) is 28.2 Å². The molecule has 0 N–H and O–H groups in total. The number of rotatable bonds is 9. The second kappa shape index (κ2) is 12.7. The summed E-state index contributed by atoms with van der Waals surface area (Å²) in [7, 11) is 1.74. The fourth-order valence-corrected chi connectivity index (χ4v) is 5.07. The van der Waals surface area contributed by atoms with Gasteiger partial charge in [0.2, 0.25) is 5.88 Å². The SMILES string of the molecule is CC(C)c1ccccc1/N=C1\SCC(=O)N1/N=C/c1ccc(-c2cc(OCc3ccc(OC(F)(F)F)cc3)n(C)n2)cc1. The fraction of sp³-hybridized carbons (Fsp3) is 0.226. The summed E-state index contributed by atoms with van der Waals surface area (Å²) in [5, 5.41) is 10.8. The van der Waals surface area contributed by atoms with Crippen LogP contribution in [0.5, 0.6) is 11.6 Å². The predicted molar refractivity (Wildman–Crippen MR) is 161 cm³/mol. The van der Waals surface area contributed by atoms with Gasteiger partial charge < -0.3 is 9.47 Å². The molecule has 4 aromatic rings. The monoisotopic (exact) mass is 607 g/mol. The van der Waals surface area contributed by atoms with Gasteiger partial charge >= 0.3 is 6.36 Å². The van der Waals surface area contributed by atoms with Crippen molar-refractivity contribution in [2.24, 2.45) is 17.1 Å². The van der Waals surface area contributed by atoms with E-state index in [0.717, 1.165) is 22.4 Å². The summed E-state index contributed by atoms with van der Waals surface area (Å²) < 4.78 is 48.4. The predicted octanol–water partition coefficient (Wildman–Crippen LogP) is 7.29. The number of aliphatic imine (C=N–C) groups is 1. The Labute approximate surface area is 250 Å². The van der Waals surface area contributed by atoms with Crippen LogP contribution in [-0.2, 0) is 18.4 Å². The van der Waals surface area contributed by atoms with Gasteiger partial charge in [-0.05, 0) is 40.8 Å². The zero-order chi connectivity index (χ0) is 30.6. The smallest absolute Gasteiger partial charge is 0.473 e. The lowest BCUT2D eigenvalue weighted by atomic mass is 10.0. The van der Waals surface area contributed by atoms with Crippen LogP contribution in [0, 0.1) is 0 Å². The summed E-state index contributed by atoms with van der Waals surface area (Å²) in [6.07, 6.45) is -3.12. The first kappa shape index (κ1) is 29.9. The summed E-state index contributed by atoms with van der Waals surface area (Å²) in [4.78, 5) is 17.3. The van der Waals surface area contributed by atoms with E-state index >= 15 is 0 Å². The van der Waals surface area contributed by atoms with Crippen molar-refractivity contribution in [3.05, 3.63) is 95.6 Å². The van der Waals surface area contributed by atoms with Crippen LogP contribution in [-0.4, -0.2) is 44.2 Å². The third-order valence-corrected chi connectivity index (χ3v) is 7.34. The number of ether oxygens (including phenoxy) is 2. The van der Waals surface area contributed by atoms with Crippen LogP contribution in [0.4, 0.5) is 18.9 Å². The van der Waals surface area contributed by atoms with Crippen molar-refractivity contribution in [2.75, 3.05) is 5.75 Å². The molecule has 1 aliphatic rings. The number of carbonyl (C=O) groups is 1. The molecule has 1 aliphatic heterocycles. The summed E-state index contributed by atoms with van der Waals surface area (Å²) in [5.41, 5.74) is 4.92. The number of hydrazone groups is 1. The number of amidine groups is 1.